The maximum absolute atomic E-state index is 13.3. The van der Waals surface area contributed by atoms with Crippen molar-refractivity contribution >= 4 is 5.91 Å². The number of carbonyl (C=O) groups is 1. The fraction of sp³-hybridized carbons (Fsp3) is 0.571. The zero-order chi connectivity index (χ0) is 20.3. The van der Waals surface area contributed by atoms with E-state index < -0.39 is 0 Å². The molecule has 28 heavy (non-hydrogen) atoms. The molecule has 3 rings (SSSR count). The van der Waals surface area contributed by atoms with Gasteiger partial charge in [0.1, 0.15) is 18.2 Å². The van der Waals surface area contributed by atoms with Crippen molar-refractivity contribution in [2.45, 2.75) is 72.0 Å². The molecule has 0 radical (unpaired) electrons. The van der Waals surface area contributed by atoms with E-state index in [2.05, 4.69) is 31.2 Å². The van der Waals surface area contributed by atoms with E-state index in [0.717, 1.165) is 37.1 Å². The number of nitrogens with zero attached hydrogens (tertiary/aromatic N) is 3. The van der Waals surface area contributed by atoms with Crippen LogP contribution in [0.15, 0.2) is 29.1 Å². The molecule has 0 aliphatic carbocycles. The second-order valence-corrected chi connectivity index (χ2v) is 8.76. The smallest absolute Gasteiger partial charge is 0.346 e. The van der Waals surface area contributed by atoms with Crippen LogP contribution in [0.3, 0.4) is 0 Å². The molecule has 1 unspecified atom stereocenters. The van der Waals surface area contributed by atoms with E-state index in [1.807, 2.05) is 0 Å². The number of aromatic nitrogens is 3. The summed E-state index contributed by atoms with van der Waals surface area (Å²) in [4.78, 5) is 25.3. The first-order valence-electron chi connectivity index (χ1n) is 9.94. The fourth-order valence-corrected chi connectivity index (χ4v) is 3.66. The summed E-state index contributed by atoms with van der Waals surface area (Å²) in [6.45, 7) is 6.82. The van der Waals surface area contributed by atoms with Crippen LogP contribution in [0, 0.1) is 11.2 Å². The van der Waals surface area contributed by atoms with Crippen molar-refractivity contribution in [2.75, 3.05) is 0 Å². The molecular formula is C21H29FN4O2. The standard InChI is InChI=1S/C21H29FN4O2/c1-21(2,3)13-17(15-8-10-16(22)11-9-15)23-19(27)14-26-20(28)25-12-6-4-5-7-18(25)24-26/h8-11,17H,4-7,12-14H2,1-3H3,(H,23,27). The quantitative estimate of drug-likeness (QED) is 0.855. The minimum Gasteiger partial charge on any atom is -0.348 e. The Bertz CT molecular complexity index is 877. The van der Waals surface area contributed by atoms with Gasteiger partial charge >= 0.3 is 5.69 Å². The molecule has 0 fully saturated rings. The van der Waals surface area contributed by atoms with Gasteiger partial charge in [-0.3, -0.25) is 9.36 Å². The van der Waals surface area contributed by atoms with Crippen LogP contribution in [0.4, 0.5) is 4.39 Å². The number of nitrogens with one attached hydrogen (secondary N) is 1. The lowest BCUT2D eigenvalue weighted by atomic mass is 9.85. The number of hydrogen-bond acceptors (Lipinski definition) is 3. The number of halogens is 1. The van der Waals surface area contributed by atoms with Gasteiger partial charge in [0.15, 0.2) is 0 Å². The Morgan fingerprint density at radius 1 is 1.21 bits per heavy atom. The second kappa shape index (κ2) is 8.29. The minimum absolute atomic E-state index is 0.0328. The summed E-state index contributed by atoms with van der Waals surface area (Å²) >= 11 is 0. The average Bonchev–Trinajstić information content (AvgIpc) is 2.78. The van der Waals surface area contributed by atoms with E-state index in [0.29, 0.717) is 13.0 Å². The lowest BCUT2D eigenvalue weighted by molar-refractivity contribution is -0.122. The first kappa shape index (κ1) is 20.3. The van der Waals surface area contributed by atoms with Crippen molar-refractivity contribution < 1.29 is 9.18 Å². The summed E-state index contributed by atoms with van der Waals surface area (Å²) < 4.78 is 16.2. The van der Waals surface area contributed by atoms with E-state index in [4.69, 9.17) is 0 Å². The summed E-state index contributed by atoms with van der Waals surface area (Å²) in [5.41, 5.74) is 0.591. The Morgan fingerprint density at radius 3 is 2.61 bits per heavy atom. The number of amides is 1. The average molecular weight is 388 g/mol. The number of benzene rings is 1. The normalized spacial score (nSPS) is 15.6. The third-order valence-corrected chi connectivity index (χ3v) is 5.00. The van der Waals surface area contributed by atoms with Gasteiger partial charge in [-0.1, -0.05) is 39.3 Å². The summed E-state index contributed by atoms with van der Waals surface area (Å²) in [6, 6.07) is 5.92. The number of aryl methyl sites for hydroxylation is 1. The van der Waals surface area contributed by atoms with Gasteiger partial charge in [-0.15, -0.1) is 0 Å². The van der Waals surface area contributed by atoms with Crippen molar-refractivity contribution in [3.05, 3.63) is 52.0 Å². The minimum atomic E-state index is -0.310. The highest BCUT2D eigenvalue weighted by atomic mass is 19.1. The van der Waals surface area contributed by atoms with Crippen LogP contribution in [-0.2, 0) is 24.3 Å². The molecule has 1 aliphatic rings. The molecule has 1 aromatic carbocycles. The highest BCUT2D eigenvalue weighted by Gasteiger charge is 2.23. The molecule has 2 heterocycles. The lowest BCUT2D eigenvalue weighted by Crippen LogP contribution is -2.37. The van der Waals surface area contributed by atoms with Gasteiger partial charge in [-0.25, -0.2) is 13.9 Å². The molecule has 0 spiro atoms. The van der Waals surface area contributed by atoms with Crippen molar-refractivity contribution in [1.29, 1.82) is 0 Å². The number of fused-ring (bicyclic) bond motifs is 1. The van der Waals surface area contributed by atoms with Crippen molar-refractivity contribution in [1.82, 2.24) is 19.7 Å². The molecule has 0 bridgehead atoms. The van der Waals surface area contributed by atoms with E-state index in [1.54, 1.807) is 16.7 Å². The molecular weight excluding hydrogens is 359 g/mol. The number of hydrogen-bond donors (Lipinski definition) is 1. The fourth-order valence-electron chi connectivity index (χ4n) is 3.66. The Labute approximate surface area is 164 Å². The van der Waals surface area contributed by atoms with Gasteiger partial charge < -0.3 is 5.32 Å². The van der Waals surface area contributed by atoms with Crippen molar-refractivity contribution in [3.63, 3.8) is 0 Å². The number of rotatable bonds is 5. The van der Waals surface area contributed by atoms with Crippen LogP contribution in [0.2, 0.25) is 0 Å². The van der Waals surface area contributed by atoms with Crippen LogP contribution in [0.5, 0.6) is 0 Å². The van der Waals surface area contributed by atoms with Gasteiger partial charge in [-0.05, 0) is 42.4 Å². The molecule has 1 aliphatic heterocycles. The largest absolute Gasteiger partial charge is 0.348 e. The number of carbonyl (C=O) groups excluding carboxylic acids is 1. The first-order chi connectivity index (χ1) is 13.2. The maximum Gasteiger partial charge on any atom is 0.346 e. The van der Waals surface area contributed by atoms with Gasteiger partial charge in [0.05, 0.1) is 6.04 Å². The third-order valence-electron chi connectivity index (χ3n) is 5.00. The zero-order valence-corrected chi connectivity index (χ0v) is 16.9. The molecule has 0 saturated heterocycles. The monoisotopic (exact) mass is 388 g/mol. The van der Waals surface area contributed by atoms with Crippen LogP contribution >= 0.6 is 0 Å². The zero-order valence-electron chi connectivity index (χ0n) is 16.9. The highest BCUT2D eigenvalue weighted by molar-refractivity contribution is 5.76. The molecule has 1 aromatic heterocycles. The van der Waals surface area contributed by atoms with Gasteiger partial charge in [0.25, 0.3) is 0 Å². The van der Waals surface area contributed by atoms with E-state index in [-0.39, 0.29) is 35.4 Å². The maximum atomic E-state index is 13.3. The SMILES string of the molecule is CC(C)(C)CC(NC(=O)Cn1nc2n(c1=O)CCCCC2)c1ccc(F)cc1. The van der Waals surface area contributed by atoms with Crippen LogP contribution in [0.25, 0.3) is 0 Å². The highest BCUT2D eigenvalue weighted by Crippen LogP contribution is 2.29. The summed E-state index contributed by atoms with van der Waals surface area (Å²) in [7, 11) is 0. The molecule has 2 aromatic rings. The van der Waals surface area contributed by atoms with Gasteiger partial charge in [0, 0.05) is 13.0 Å². The molecule has 0 saturated carbocycles. The van der Waals surface area contributed by atoms with Gasteiger partial charge in [0.2, 0.25) is 5.91 Å². The summed E-state index contributed by atoms with van der Waals surface area (Å²) in [5.74, 6) is 0.185. The molecule has 1 N–H and O–H groups in total. The van der Waals surface area contributed by atoms with E-state index in [1.165, 1.54) is 16.8 Å². The van der Waals surface area contributed by atoms with Crippen molar-refractivity contribution in [3.8, 4) is 0 Å². The van der Waals surface area contributed by atoms with E-state index in [9.17, 15) is 14.0 Å². The molecule has 1 atom stereocenters. The molecule has 6 nitrogen and oxygen atoms in total. The Morgan fingerprint density at radius 2 is 1.93 bits per heavy atom. The molecule has 7 heteroatoms. The van der Waals surface area contributed by atoms with Crippen LogP contribution in [-0.4, -0.2) is 20.3 Å². The predicted octanol–water partition coefficient (Wildman–Crippen LogP) is 3.20. The predicted molar refractivity (Wildman–Crippen MR) is 105 cm³/mol. The molecule has 152 valence electrons. The lowest BCUT2D eigenvalue weighted by Gasteiger charge is -2.27. The Balaban J connectivity index is 1.75. The third kappa shape index (κ3) is 5.09. The first-order valence-corrected chi connectivity index (χ1v) is 9.94. The van der Waals surface area contributed by atoms with Crippen LogP contribution in [0.1, 0.15) is 63.9 Å². The van der Waals surface area contributed by atoms with Gasteiger partial charge in [-0.2, -0.15) is 5.10 Å². The topological polar surface area (TPSA) is 68.9 Å². The van der Waals surface area contributed by atoms with Crippen molar-refractivity contribution in [2.24, 2.45) is 5.41 Å². The Kier molecular flexibility index (Phi) is 6.01. The molecule has 1 amide bonds. The Hall–Kier alpha value is -2.44. The van der Waals surface area contributed by atoms with E-state index >= 15 is 0 Å². The van der Waals surface area contributed by atoms with Crippen LogP contribution < -0.4 is 11.0 Å². The summed E-state index contributed by atoms with van der Waals surface area (Å²) in [6.07, 6.45) is 4.53. The second-order valence-electron chi connectivity index (χ2n) is 8.76. The summed E-state index contributed by atoms with van der Waals surface area (Å²) in [5, 5.41) is 7.38.